The van der Waals surface area contributed by atoms with Gasteiger partial charge in [0.2, 0.25) is 11.8 Å². The van der Waals surface area contributed by atoms with Crippen LogP contribution in [0.15, 0.2) is 71.6 Å². The van der Waals surface area contributed by atoms with Crippen molar-refractivity contribution in [2.24, 2.45) is 0 Å². The SMILES string of the molecule is Cc1ccc2cc1Oc1cc(-c3c(C)cccc3C)nc(n1)NS(=O)(=O)c1cccc(c1)NC2=O. The molecule has 0 saturated heterocycles. The highest BCUT2D eigenvalue weighted by Gasteiger charge is 2.21. The fraction of sp³-hybridized carbons (Fsp3) is 0.115. The zero-order valence-corrected chi connectivity index (χ0v) is 20.1. The van der Waals surface area contributed by atoms with Crippen LogP contribution < -0.4 is 14.8 Å². The van der Waals surface area contributed by atoms with Gasteiger partial charge in [-0.2, -0.15) is 4.98 Å². The lowest BCUT2D eigenvalue weighted by molar-refractivity contribution is 0.102. The smallest absolute Gasteiger partial charge is 0.264 e. The van der Waals surface area contributed by atoms with E-state index in [4.69, 9.17) is 4.74 Å². The molecule has 8 nitrogen and oxygen atoms in total. The van der Waals surface area contributed by atoms with Gasteiger partial charge >= 0.3 is 0 Å². The number of fused-ring (bicyclic) bond motifs is 6. The summed E-state index contributed by atoms with van der Waals surface area (Å²) in [6.45, 7) is 5.76. The maximum atomic E-state index is 13.2. The highest BCUT2D eigenvalue weighted by Crippen LogP contribution is 2.32. The van der Waals surface area contributed by atoms with E-state index in [1.807, 2.05) is 39.0 Å². The van der Waals surface area contributed by atoms with Crippen LogP contribution in [0.5, 0.6) is 11.6 Å². The number of rotatable bonds is 1. The number of aryl methyl sites for hydroxylation is 3. The molecule has 0 fully saturated rings. The zero-order valence-electron chi connectivity index (χ0n) is 19.3. The maximum Gasteiger partial charge on any atom is 0.264 e. The summed E-state index contributed by atoms with van der Waals surface area (Å²) < 4.78 is 34.9. The number of anilines is 2. The number of carbonyl (C=O) groups excluding carboxylic acids is 1. The van der Waals surface area contributed by atoms with E-state index in [0.29, 0.717) is 22.7 Å². The van der Waals surface area contributed by atoms with Crippen LogP contribution in [-0.4, -0.2) is 24.3 Å². The van der Waals surface area contributed by atoms with Crippen molar-refractivity contribution in [1.29, 1.82) is 0 Å². The molecular weight excluding hydrogens is 464 g/mol. The lowest BCUT2D eigenvalue weighted by Gasteiger charge is -2.16. The Morgan fingerprint density at radius 1 is 0.829 bits per heavy atom. The van der Waals surface area contributed by atoms with Crippen molar-refractivity contribution in [3.8, 4) is 22.9 Å². The molecule has 2 N–H and O–H groups in total. The van der Waals surface area contributed by atoms with Gasteiger partial charge in [0.1, 0.15) is 5.75 Å². The first-order chi connectivity index (χ1) is 16.7. The Hall–Kier alpha value is -4.24. The molecule has 1 amide bonds. The Kier molecular flexibility index (Phi) is 5.49. The number of nitrogens with one attached hydrogen (secondary N) is 2. The van der Waals surface area contributed by atoms with Crippen molar-refractivity contribution in [2.75, 3.05) is 10.0 Å². The van der Waals surface area contributed by atoms with E-state index >= 15 is 0 Å². The van der Waals surface area contributed by atoms with Gasteiger partial charge in [-0.1, -0.05) is 30.3 Å². The molecule has 0 spiro atoms. The third kappa shape index (κ3) is 4.45. The number of nitrogens with zero attached hydrogens (tertiary/aromatic N) is 2. The molecule has 0 aliphatic carbocycles. The first kappa shape index (κ1) is 22.5. The van der Waals surface area contributed by atoms with Crippen molar-refractivity contribution in [1.82, 2.24) is 9.97 Å². The van der Waals surface area contributed by atoms with E-state index < -0.39 is 15.9 Å². The lowest BCUT2D eigenvalue weighted by atomic mass is 10.00. The molecule has 1 aliphatic heterocycles. The average Bonchev–Trinajstić information content (AvgIpc) is 2.80. The molecule has 0 radical (unpaired) electrons. The van der Waals surface area contributed by atoms with Gasteiger partial charge in [-0.3, -0.25) is 4.79 Å². The number of hydrogen-bond acceptors (Lipinski definition) is 6. The maximum absolute atomic E-state index is 13.2. The van der Waals surface area contributed by atoms with Gasteiger partial charge in [-0.05, 0) is 67.8 Å². The summed E-state index contributed by atoms with van der Waals surface area (Å²) in [6, 6.07) is 18.6. The second kappa shape index (κ2) is 8.52. The second-order valence-electron chi connectivity index (χ2n) is 8.35. The summed E-state index contributed by atoms with van der Waals surface area (Å²) in [5.74, 6) is 0.0414. The van der Waals surface area contributed by atoms with Crippen LogP contribution in [0.1, 0.15) is 27.0 Å². The predicted molar refractivity (Wildman–Crippen MR) is 133 cm³/mol. The van der Waals surface area contributed by atoms with Gasteiger partial charge in [0.25, 0.3) is 15.9 Å². The molecule has 3 aromatic carbocycles. The van der Waals surface area contributed by atoms with Gasteiger partial charge in [0.05, 0.1) is 10.6 Å². The van der Waals surface area contributed by atoms with Crippen molar-refractivity contribution in [2.45, 2.75) is 25.7 Å². The first-order valence-corrected chi connectivity index (χ1v) is 12.4. The van der Waals surface area contributed by atoms with Crippen LogP contribution in [0.4, 0.5) is 11.6 Å². The molecule has 1 aromatic heterocycles. The standard InChI is InChI=1S/C26H22N4O4S/c1-15-10-11-18-12-22(15)34-23-14-21(24-16(2)6-4-7-17(24)3)28-26(29-23)30-35(32,33)20-9-5-8-19(13-20)27-25(18)31/h4-14H,1-3H3,(H,27,31)(H,28,29,30). The quantitative estimate of drug-likeness (QED) is 0.381. The molecule has 176 valence electrons. The summed E-state index contributed by atoms with van der Waals surface area (Å²) in [6.07, 6.45) is 0. The van der Waals surface area contributed by atoms with Crippen LogP contribution in [0.2, 0.25) is 0 Å². The molecule has 0 unspecified atom stereocenters. The number of benzene rings is 3. The molecule has 35 heavy (non-hydrogen) atoms. The fourth-order valence-corrected chi connectivity index (χ4v) is 4.95. The van der Waals surface area contributed by atoms with Crippen LogP contribution in [-0.2, 0) is 10.0 Å². The van der Waals surface area contributed by atoms with E-state index in [1.165, 1.54) is 12.1 Å². The van der Waals surface area contributed by atoms with Gasteiger partial charge in [-0.15, -0.1) is 0 Å². The molecular formula is C26H22N4O4S. The number of ether oxygens (including phenoxy) is 1. The van der Waals surface area contributed by atoms with Crippen molar-refractivity contribution in [3.05, 3.63) is 89.0 Å². The summed E-state index contributed by atoms with van der Waals surface area (Å²) in [7, 11) is -4.06. The fourth-order valence-electron chi connectivity index (χ4n) is 3.96. The third-order valence-electron chi connectivity index (χ3n) is 5.73. The first-order valence-electron chi connectivity index (χ1n) is 10.9. The van der Waals surface area contributed by atoms with Crippen LogP contribution in [0.3, 0.4) is 0 Å². The molecule has 4 aromatic rings. The lowest BCUT2D eigenvalue weighted by Crippen LogP contribution is -2.17. The molecule has 0 saturated carbocycles. The Balaban J connectivity index is 1.75. The molecule has 5 rings (SSSR count). The molecule has 1 aliphatic rings. The highest BCUT2D eigenvalue weighted by atomic mass is 32.2. The Morgan fingerprint density at radius 2 is 1.57 bits per heavy atom. The summed E-state index contributed by atoms with van der Waals surface area (Å²) in [5, 5.41) is 2.73. The number of sulfonamides is 1. The van der Waals surface area contributed by atoms with E-state index in [1.54, 1.807) is 36.4 Å². The van der Waals surface area contributed by atoms with Gasteiger partial charge in [0, 0.05) is 22.9 Å². The number of aromatic nitrogens is 2. The predicted octanol–water partition coefficient (Wildman–Crippen LogP) is 5.23. The third-order valence-corrected chi connectivity index (χ3v) is 7.06. The second-order valence-corrected chi connectivity index (χ2v) is 10.0. The van der Waals surface area contributed by atoms with Gasteiger partial charge in [0.15, 0.2) is 0 Å². The molecule has 6 bridgehead atoms. The highest BCUT2D eigenvalue weighted by molar-refractivity contribution is 7.92. The van der Waals surface area contributed by atoms with Crippen molar-refractivity contribution in [3.63, 3.8) is 0 Å². The van der Waals surface area contributed by atoms with Crippen LogP contribution >= 0.6 is 0 Å². The summed E-state index contributed by atoms with van der Waals surface area (Å²) in [5.41, 5.74) is 4.79. The molecule has 2 heterocycles. The minimum absolute atomic E-state index is 0.0412. The van der Waals surface area contributed by atoms with Crippen molar-refractivity contribution >= 4 is 27.6 Å². The average molecular weight is 487 g/mol. The number of amides is 1. The molecule has 9 heteroatoms. The largest absolute Gasteiger partial charge is 0.439 e. The minimum atomic E-state index is -4.06. The summed E-state index contributed by atoms with van der Waals surface area (Å²) in [4.78, 5) is 21.7. The Labute approximate surface area is 203 Å². The Bertz CT molecular complexity index is 1580. The number of hydrogen-bond donors (Lipinski definition) is 2. The topological polar surface area (TPSA) is 110 Å². The van der Waals surface area contributed by atoms with Crippen LogP contribution in [0, 0.1) is 20.8 Å². The normalized spacial score (nSPS) is 14.2. The number of carbonyl (C=O) groups is 1. The van der Waals surface area contributed by atoms with E-state index in [9.17, 15) is 13.2 Å². The molecule has 0 atom stereocenters. The van der Waals surface area contributed by atoms with E-state index in [-0.39, 0.29) is 16.7 Å². The zero-order chi connectivity index (χ0) is 24.7. The van der Waals surface area contributed by atoms with Gasteiger partial charge in [-0.25, -0.2) is 18.1 Å². The minimum Gasteiger partial charge on any atom is -0.439 e. The summed E-state index contributed by atoms with van der Waals surface area (Å²) >= 11 is 0. The van der Waals surface area contributed by atoms with Crippen LogP contribution in [0.25, 0.3) is 11.3 Å². The van der Waals surface area contributed by atoms with E-state index in [2.05, 4.69) is 20.0 Å². The Morgan fingerprint density at radius 3 is 2.34 bits per heavy atom. The monoisotopic (exact) mass is 486 g/mol. The van der Waals surface area contributed by atoms with Crippen molar-refractivity contribution < 1.29 is 17.9 Å². The van der Waals surface area contributed by atoms with E-state index in [0.717, 1.165) is 22.3 Å². The van der Waals surface area contributed by atoms with Gasteiger partial charge < -0.3 is 10.1 Å².